The quantitative estimate of drug-likeness (QED) is 0.863. The first kappa shape index (κ1) is 14.4. The van der Waals surface area contributed by atoms with Gasteiger partial charge in [0.1, 0.15) is 0 Å². The van der Waals surface area contributed by atoms with E-state index >= 15 is 0 Å². The summed E-state index contributed by atoms with van der Waals surface area (Å²) < 4.78 is 19.3. The fourth-order valence-electron chi connectivity index (χ4n) is 2.10. The number of ether oxygens (including phenoxy) is 1. The summed E-state index contributed by atoms with van der Waals surface area (Å²) >= 11 is 7.43. The molecule has 2 heterocycles. The van der Waals surface area contributed by atoms with Crippen LogP contribution in [0.25, 0.3) is 10.2 Å². The van der Waals surface area contributed by atoms with Gasteiger partial charge in [-0.15, -0.1) is 11.3 Å². The molecule has 1 aliphatic heterocycles. The number of nitrogens with zero attached hydrogens (tertiary/aromatic N) is 2. The van der Waals surface area contributed by atoms with Gasteiger partial charge in [0.05, 0.1) is 34.2 Å². The third-order valence-electron chi connectivity index (χ3n) is 3.22. The van der Waals surface area contributed by atoms with Crippen LogP contribution in [0.2, 0.25) is 5.02 Å². The number of hydrogen-bond acceptors (Lipinski definition) is 5. The summed E-state index contributed by atoms with van der Waals surface area (Å²) in [5, 5.41) is 0.661. The molecule has 7 heteroatoms. The van der Waals surface area contributed by atoms with Gasteiger partial charge in [-0.2, -0.15) is 0 Å². The average molecular weight is 331 g/mol. The monoisotopic (exact) mass is 330 g/mol. The number of thiazole rings is 1. The van der Waals surface area contributed by atoms with E-state index in [1.54, 1.807) is 0 Å². The van der Waals surface area contributed by atoms with Crippen LogP contribution < -0.4 is 0 Å². The van der Waals surface area contributed by atoms with E-state index in [2.05, 4.69) is 9.88 Å². The van der Waals surface area contributed by atoms with Crippen LogP contribution in [0.1, 0.15) is 0 Å². The summed E-state index contributed by atoms with van der Waals surface area (Å²) in [6.07, 6.45) is 0. The van der Waals surface area contributed by atoms with Crippen LogP contribution in [-0.4, -0.2) is 52.7 Å². The number of fused-ring (bicyclic) bond motifs is 1. The van der Waals surface area contributed by atoms with Crippen molar-refractivity contribution < 1.29 is 8.95 Å². The Morgan fingerprint density at radius 2 is 2.20 bits per heavy atom. The molecule has 3 rings (SSSR count). The van der Waals surface area contributed by atoms with Gasteiger partial charge in [0, 0.05) is 30.4 Å². The molecular formula is C13H15ClN2O2S2. The molecule has 1 aliphatic rings. The number of aromatic nitrogens is 1. The fraction of sp³-hybridized carbons (Fsp3) is 0.462. The second-order valence-electron chi connectivity index (χ2n) is 4.60. The summed E-state index contributed by atoms with van der Waals surface area (Å²) in [6.45, 7) is 4.21. The minimum Gasteiger partial charge on any atom is -0.379 e. The molecule has 1 fully saturated rings. The van der Waals surface area contributed by atoms with Crippen LogP contribution in [-0.2, 0) is 15.5 Å². The maximum atomic E-state index is 12.3. The average Bonchev–Trinajstić information content (AvgIpc) is 2.89. The van der Waals surface area contributed by atoms with Gasteiger partial charge < -0.3 is 4.74 Å². The highest BCUT2D eigenvalue weighted by Crippen LogP contribution is 2.26. The lowest BCUT2D eigenvalue weighted by atomic mass is 10.3. The molecule has 1 aromatic heterocycles. The maximum absolute atomic E-state index is 12.3. The number of morpholine rings is 1. The molecule has 0 aliphatic carbocycles. The Bertz CT molecular complexity index is 626. The second kappa shape index (κ2) is 6.49. The summed E-state index contributed by atoms with van der Waals surface area (Å²) in [6, 6.07) is 5.58. The molecule has 0 saturated carbocycles. The first-order valence-electron chi connectivity index (χ1n) is 6.47. The highest BCUT2D eigenvalue weighted by atomic mass is 35.5. The van der Waals surface area contributed by atoms with Crippen LogP contribution in [0, 0.1) is 0 Å². The van der Waals surface area contributed by atoms with E-state index in [0.29, 0.717) is 15.1 Å². The van der Waals surface area contributed by atoms with Gasteiger partial charge in [-0.3, -0.25) is 9.11 Å². The topological polar surface area (TPSA) is 42.4 Å². The molecule has 1 saturated heterocycles. The zero-order valence-electron chi connectivity index (χ0n) is 10.9. The number of halogens is 1. The summed E-state index contributed by atoms with van der Waals surface area (Å²) in [5.41, 5.74) is 0.831. The lowest BCUT2D eigenvalue weighted by molar-refractivity contribution is 0.0409. The molecule has 0 radical (unpaired) electrons. The number of rotatable bonds is 4. The van der Waals surface area contributed by atoms with Crippen LogP contribution in [0.4, 0.5) is 0 Å². The lowest BCUT2D eigenvalue weighted by Gasteiger charge is -2.25. The molecule has 4 nitrogen and oxygen atoms in total. The van der Waals surface area contributed by atoms with Gasteiger partial charge in [-0.05, 0) is 18.2 Å². The molecule has 20 heavy (non-hydrogen) atoms. The third-order valence-corrected chi connectivity index (χ3v) is 6.13. The van der Waals surface area contributed by atoms with E-state index in [0.717, 1.165) is 43.1 Å². The van der Waals surface area contributed by atoms with Gasteiger partial charge in [0.15, 0.2) is 4.34 Å². The fourth-order valence-corrected chi connectivity index (χ4v) is 4.63. The Hall–Kier alpha value is -0.530. The van der Waals surface area contributed by atoms with Crippen molar-refractivity contribution in [2.45, 2.75) is 4.34 Å². The van der Waals surface area contributed by atoms with Crippen molar-refractivity contribution in [1.82, 2.24) is 9.88 Å². The standard InChI is InChI=1S/C13H15ClN2O2S2/c14-10-1-2-12-11(9-10)15-13(19-12)20(17)8-5-16-3-6-18-7-4-16/h1-2,9H,3-8H2. The van der Waals surface area contributed by atoms with Crippen LogP contribution in [0.3, 0.4) is 0 Å². The molecule has 0 spiro atoms. The minimum absolute atomic E-state index is 0.619. The normalized spacial score (nSPS) is 18.4. The molecule has 0 amide bonds. The first-order chi connectivity index (χ1) is 9.72. The Labute approximate surface area is 129 Å². The van der Waals surface area contributed by atoms with Crippen LogP contribution in [0.15, 0.2) is 22.5 Å². The van der Waals surface area contributed by atoms with E-state index in [9.17, 15) is 4.21 Å². The first-order valence-corrected chi connectivity index (χ1v) is 8.98. The molecule has 1 aromatic carbocycles. The summed E-state index contributed by atoms with van der Waals surface area (Å²) in [4.78, 5) is 6.71. The lowest BCUT2D eigenvalue weighted by Crippen LogP contribution is -2.38. The van der Waals surface area contributed by atoms with E-state index in [4.69, 9.17) is 16.3 Å². The van der Waals surface area contributed by atoms with Crippen molar-refractivity contribution >= 4 is 44.0 Å². The maximum Gasteiger partial charge on any atom is 0.181 e. The Morgan fingerprint density at radius 1 is 1.40 bits per heavy atom. The van der Waals surface area contributed by atoms with E-state index in [1.807, 2.05) is 18.2 Å². The molecular weight excluding hydrogens is 316 g/mol. The molecule has 2 aromatic rings. The van der Waals surface area contributed by atoms with Crippen LogP contribution >= 0.6 is 22.9 Å². The van der Waals surface area contributed by atoms with Crippen molar-refractivity contribution in [1.29, 1.82) is 0 Å². The Kier molecular flexibility index (Phi) is 4.68. The van der Waals surface area contributed by atoms with E-state index in [1.165, 1.54) is 11.3 Å². The number of hydrogen-bond donors (Lipinski definition) is 0. The molecule has 0 N–H and O–H groups in total. The summed E-state index contributed by atoms with van der Waals surface area (Å²) in [5.74, 6) is 0.619. The highest BCUT2D eigenvalue weighted by Gasteiger charge is 2.15. The van der Waals surface area contributed by atoms with E-state index < -0.39 is 10.8 Å². The van der Waals surface area contributed by atoms with Gasteiger partial charge in [0.2, 0.25) is 0 Å². The van der Waals surface area contributed by atoms with Crippen molar-refractivity contribution in [3.8, 4) is 0 Å². The van der Waals surface area contributed by atoms with Gasteiger partial charge in [-0.1, -0.05) is 11.6 Å². The van der Waals surface area contributed by atoms with Gasteiger partial charge >= 0.3 is 0 Å². The SMILES string of the molecule is O=S(CCN1CCOCC1)c1nc2cc(Cl)ccc2s1. The second-order valence-corrected chi connectivity index (χ2v) is 7.81. The zero-order valence-corrected chi connectivity index (χ0v) is 13.3. The minimum atomic E-state index is -1.04. The highest BCUT2D eigenvalue weighted by molar-refractivity contribution is 7.87. The largest absolute Gasteiger partial charge is 0.379 e. The van der Waals surface area contributed by atoms with Crippen molar-refractivity contribution in [3.05, 3.63) is 23.2 Å². The molecule has 1 unspecified atom stereocenters. The predicted molar refractivity (Wildman–Crippen MR) is 83.2 cm³/mol. The molecule has 108 valence electrons. The zero-order chi connectivity index (χ0) is 13.9. The van der Waals surface area contributed by atoms with Gasteiger partial charge in [0.25, 0.3) is 0 Å². The predicted octanol–water partition coefficient (Wildman–Crippen LogP) is 2.39. The van der Waals surface area contributed by atoms with E-state index in [-0.39, 0.29) is 0 Å². The summed E-state index contributed by atoms with van der Waals surface area (Å²) in [7, 11) is -1.04. The number of benzene rings is 1. The third kappa shape index (κ3) is 3.38. The molecule has 0 bridgehead atoms. The Morgan fingerprint density at radius 3 is 3.00 bits per heavy atom. The van der Waals surface area contributed by atoms with Crippen molar-refractivity contribution in [2.75, 3.05) is 38.6 Å². The molecule has 1 atom stereocenters. The smallest absolute Gasteiger partial charge is 0.181 e. The van der Waals surface area contributed by atoms with Crippen LogP contribution in [0.5, 0.6) is 0 Å². The van der Waals surface area contributed by atoms with Crippen molar-refractivity contribution in [3.63, 3.8) is 0 Å². The van der Waals surface area contributed by atoms with Crippen molar-refractivity contribution in [2.24, 2.45) is 0 Å². The Balaban J connectivity index is 1.65. The van der Waals surface area contributed by atoms with Gasteiger partial charge in [-0.25, -0.2) is 4.98 Å².